The number of ketones is 1. The van der Waals surface area contributed by atoms with Gasteiger partial charge >= 0.3 is 0 Å². The van der Waals surface area contributed by atoms with E-state index in [0.29, 0.717) is 6.61 Å². The minimum atomic E-state index is -0.675. The normalized spacial score (nSPS) is 22.4. The van der Waals surface area contributed by atoms with Gasteiger partial charge in [0.1, 0.15) is 0 Å². The highest BCUT2D eigenvalue weighted by Gasteiger charge is 2.22. The van der Waals surface area contributed by atoms with E-state index in [1.807, 2.05) is 6.92 Å². The highest BCUT2D eigenvalue weighted by Crippen LogP contribution is 2.12. The summed E-state index contributed by atoms with van der Waals surface area (Å²) >= 11 is 0. The fourth-order valence-corrected chi connectivity index (χ4v) is 1.71. The van der Waals surface area contributed by atoms with Crippen molar-refractivity contribution in [2.24, 2.45) is 0 Å². The number of unbranched alkanes of at least 4 members (excludes halogenated alkanes) is 3. The number of carbonyl (C=O) groups excluding carboxylic acids is 1. The van der Waals surface area contributed by atoms with Crippen molar-refractivity contribution in [1.82, 2.24) is 0 Å². The third-order valence-corrected chi connectivity index (χ3v) is 2.68. The van der Waals surface area contributed by atoms with Crippen molar-refractivity contribution in [3.63, 3.8) is 0 Å². The highest BCUT2D eigenvalue weighted by molar-refractivity contribution is 5.93. The van der Waals surface area contributed by atoms with Crippen LogP contribution in [-0.4, -0.2) is 24.8 Å². The van der Waals surface area contributed by atoms with E-state index in [1.165, 1.54) is 25.3 Å². The zero-order chi connectivity index (χ0) is 11.8. The number of hydrogen-bond donors (Lipinski definition) is 0. The maximum atomic E-state index is 11.4. The summed E-state index contributed by atoms with van der Waals surface area (Å²) in [5.74, 6) is -0.0772. The second kappa shape index (κ2) is 7.58. The van der Waals surface area contributed by atoms with Crippen molar-refractivity contribution in [1.29, 1.82) is 0 Å². The Morgan fingerprint density at radius 2 is 2.31 bits per heavy atom. The largest absolute Gasteiger partial charge is 0.343 e. The first-order valence-corrected chi connectivity index (χ1v) is 6.21. The van der Waals surface area contributed by atoms with Crippen LogP contribution in [0.5, 0.6) is 0 Å². The summed E-state index contributed by atoms with van der Waals surface area (Å²) in [5, 5.41) is 0. The Kier molecular flexibility index (Phi) is 6.34. The number of rotatable bonds is 7. The van der Waals surface area contributed by atoms with Gasteiger partial charge in [-0.3, -0.25) is 4.79 Å². The topological polar surface area (TPSA) is 35.5 Å². The summed E-state index contributed by atoms with van der Waals surface area (Å²) in [7, 11) is 0. The average Bonchev–Trinajstić information content (AvgIpc) is 2.28. The zero-order valence-electron chi connectivity index (χ0n) is 10.3. The minimum absolute atomic E-state index is 0.0772. The summed E-state index contributed by atoms with van der Waals surface area (Å²) < 4.78 is 10.8. The maximum absolute atomic E-state index is 11.4. The van der Waals surface area contributed by atoms with Gasteiger partial charge in [0.2, 0.25) is 12.1 Å². The first kappa shape index (κ1) is 13.4. The van der Waals surface area contributed by atoms with Crippen LogP contribution >= 0.6 is 0 Å². The summed E-state index contributed by atoms with van der Waals surface area (Å²) in [4.78, 5) is 11.4. The minimum Gasteiger partial charge on any atom is -0.343 e. The van der Waals surface area contributed by atoms with Gasteiger partial charge < -0.3 is 9.47 Å². The monoisotopic (exact) mass is 226 g/mol. The predicted molar refractivity (Wildman–Crippen MR) is 63.2 cm³/mol. The lowest BCUT2D eigenvalue weighted by atomic mass is 10.1. The molecule has 92 valence electrons. The van der Waals surface area contributed by atoms with Crippen LogP contribution in [0.1, 0.15) is 46.0 Å². The lowest BCUT2D eigenvalue weighted by molar-refractivity contribution is -0.177. The summed E-state index contributed by atoms with van der Waals surface area (Å²) in [6, 6.07) is 0. The molecule has 0 bridgehead atoms. The Labute approximate surface area is 97.8 Å². The van der Waals surface area contributed by atoms with E-state index in [2.05, 4.69) is 6.92 Å². The van der Waals surface area contributed by atoms with E-state index in [9.17, 15) is 4.79 Å². The average molecular weight is 226 g/mol. The number of carbonyl (C=O) groups is 1. The zero-order valence-corrected chi connectivity index (χ0v) is 10.3. The lowest BCUT2D eigenvalue weighted by Gasteiger charge is -2.22. The second-order valence-electron chi connectivity index (χ2n) is 4.27. The van der Waals surface area contributed by atoms with Crippen LogP contribution in [0.15, 0.2) is 12.2 Å². The fraction of sp³-hybridized carbons (Fsp3) is 0.769. The van der Waals surface area contributed by atoms with E-state index in [-0.39, 0.29) is 11.9 Å². The van der Waals surface area contributed by atoms with Gasteiger partial charge in [0.05, 0.1) is 12.7 Å². The molecule has 0 N–H and O–H groups in total. The van der Waals surface area contributed by atoms with Gasteiger partial charge in [0.15, 0.2) is 0 Å². The molecule has 1 rings (SSSR count). The van der Waals surface area contributed by atoms with E-state index in [0.717, 1.165) is 12.8 Å². The molecule has 2 atom stereocenters. The fourth-order valence-electron chi connectivity index (χ4n) is 1.71. The van der Waals surface area contributed by atoms with Crippen LogP contribution in [0.2, 0.25) is 0 Å². The Morgan fingerprint density at radius 1 is 1.50 bits per heavy atom. The molecule has 16 heavy (non-hydrogen) atoms. The van der Waals surface area contributed by atoms with Gasteiger partial charge in [0.25, 0.3) is 0 Å². The van der Waals surface area contributed by atoms with Crippen LogP contribution in [-0.2, 0) is 14.3 Å². The summed E-state index contributed by atoms with van der Waals surface area (Å²) in [6.45, 7) is 4.67. The van der Waals surface area contributed by atoms with Gasteiger partial charge in [-0.25, -0.2) is 0 Å². The van der Waals surface area contributed by atoms with Gasteiger partial charge in [0, 0.05) is 0 Å². The molecule has 0 saturated carbocycles. The van der Waals surface area contributed by atoms with Crippen molar-refractivity contribution in [3.05, 3.63) is 12.2 Å². The standard InChI is InChI=1S/C13H22O3/c1-3-4-5-6-8-11(2)16-13-12(14)9-7-10-15-13/h7,9,11,13H,3-6,8,10H2,1-2H3/t11-,13+/m1/s1. The molecule has 1 heterocycles. The predicted octanol–water partition coefficient (Wildman–Crippen LogP) is 2.84. The smallest absolute Gasteiger partial charge is 0.222 e. The molecule has 0 fully saturated rings. The first-order chi connectivity index (χ1) is 7.74. The third-order valence-electron chi connectivity index (χ3n) is 2.68. The van der Waals surface area contributed by atoms with Crippen LogP contribution in [0.25, 0.3) is 0 Å². The molecule has 3 nitrogen and oxygen atoms in total. The molecule has 1 aliphatic heterocycles. The van der Waals surface area contributed by atoms with E-state index >= 15 is 0 Å². The van der Waals surface area contributed by atoms with E-state index < -0.39 is 6.29 Å². The van der Waals surface area contributed by atoms with Crippen molar-refractivity contribution in [2.45, 2.75) is 58.3 Å². The molecular formula is C13H22O3. The van der Waals surface area contributed by atoms with Gasteiger partial charge in [-0.05, 0) is 19.4 Å². The molecule has 1 aliphatic rings. The Balaban J connectivity index is 2.15. The molecular weight excluding hydrogens is 204 g/mol. The number of hydrogen-bond acceptors (Lipinski definition) is 3. The maximum Gasteiger partial charge on any atom is 0.222 e. The Morgan fingerprint density at radius 3 is 3.00 bits per heavy atom. The molecule has 0 radical (unpaired) electrons. The van der Waals surface area contributed by atoms with Crippen LogP contribution in [0.4, 0.5) is 0 Å². The molecule has 0 aromatic carbocycles. The molecule has 0 aromatic heterocycles. The second-order valence-corrected chi connectivity index (χ2v) is 4.27. The Bertz CT molecular complexity index is 235. The SMILES string of the molecule is CCCCCC[C@@H](C)O[C@@H]1OCC=CC1=O. The molecule has 0 aliphatic carbocycles. The molecule has 3 heteroatoms. The van der Waals surface area contributed by atoms with Gasteiger partial charge in [-0.2, -0.15) is 0 Å². The third kappa shape index (κ3) is 4.90. The Hall–Kier alpha value is -0.670. The van der Waals surface area contributed by atoms with Crippen LogP contribution in [0.3, 0.4) is 0 Å². The number of ether oxygens (including phenoxy) is 2. The van der Waals surface area contributed by atoms with Crippen LogP contribution in [0, 0.1) is 0 Å². The van der Waals surface area contributed by atoms with Crippen molar-refractivity contribution in [2.75, 3.05) is 6.61 Å². The molecule has 0 unspecified atom stereocenters. The lowest BCUT2D eigenvalue weighted by Crippen LogP contribution is -2.32. The first-order valence-electron chi connectivity index (χ1n) is 6.21. The van der Waals surface area contributed by atoms with Gasteiger partial charge in [-0.1, -0.05) is 38.7 Å². The van der Waals surface area contributed by atoms with Crippen molar-refractivity contribution in [3.8, 4) is 0 Å². The molecule has 0 aromatic rings. The van der Waals surface area contributed by atoms with Crippen molar-refractivity contribution < 1.29 is 14.3 Å². The van der Waals surface area contributed by atoms with Crippen molar-refractivity contribution >= 4 is 5.78 Å². The summed E-state index contributed by atoms with van der Waals surface area (Å²) in [6.07, 6.45) is 8.58. The van der Waals surface area contributed by atoms with Crippen LogP contribution < -0.4 is 0 Å². The van der Waals surface area contributed by atoms with E-state index in [1.54, 1.807) is 6.08 Å². The highest BCUT2D eigenvalue weighted by atomic mass is 16.7. The quantitative estimate of drug-likeness (QED) is 0.626. The molecule has 0 saturated heterocycles. The molecule has 0 amide bonds. The summed E-state index contributed by atoms with van der Waals surface area (Å²) in [5.41, 5.74) is 0. The van der Waals surface area contributed by atoms with E-state index in [4.69, 9.17) is 9.47 Å². The van der Waals surface area contributed by atoms with Gasteiger partial charge in [-0.15, -0.1) is 0 Å². The molecule has 0 spiro atoms.